The van der Waals surface area contributed by atoms with Gasteiger partial charge in [0.05, 0.1) is 17.6 Å². The lowest BCUT2D eigenvalue weighted by molar-refractivity contribution is 0.1000. The molecule has 0 unspecified atom stereocenters. The van der Waals surface area contributed by atoms with Gasteiger partial charge in [-0.15, -0.1) is 0 Å². The molecule has 0 radical (unpaired) electrons. The highest BCUT2D eigenvalue weighted by atomic mass is 16.1. The lowest BCUT2D eigenvalue weighted by Crippen LogP contribution is -2.15. The third-order valence-electron chi connectivity index (χ3n) is 2.27. The van der Waals surface area contributed by atoms with Crippen molar-refractivity contribution in [2.24, 2.45) is 5.73 Å². The maximum absolute atomic E-state index is 11.3. The Morgan fingerprint density at radius 2 is 2.27 bits per heavy atom. The normalized spacial score (nSPS) is 10.2. The van der Waals surface area contributed by atoms with Gasteiger partial charge in [0, 0.05) is 12.4 Å². The summed E-state index contributed by atoms with van der Waals surface area (Å²) < 4.78 is 1.79. The van der Waals surface area contributed by atoms with Gasteiger partial charge in [0.1, 0.15) is 0 Å². The molecule has 0 saturated carbocycles. The summed E-state index contributed by atoms with van der Waals surface area (Å²) in [7, 11) is 0. The first-order chi connectivity index (χ1) is 7.20. The number of carbonyl (C=O) groups is 1. The van der Waals surface area contributed by atoms with Crippen LogP contribution in [0.2, 0.25) is 0 Å². The summed E-state index contributed by atoms with van der Waals surface area (Å²) in [5.74, 6) is -0.428. The van der Waals surface area contributed by atoms with E-state index in [2.05, 4.69) is 4.98 Å². The zero-order chi connectivity index (χ0) is 10.8. The molecular formula is C11H11N3O. The van der Waals surface area contributed by atoms with E-state index in [-0.39, 0.29) is 0 Å². The molecule has 2 rings (SSSR count). The smallest absolute Gasteiger partial charge is 0.250 e. The predicted molar refractivity (Wildman–Crippen MR) is 56.8 cm³/mol. The summed E-state index contributed by atoms with van der Waals surface area (Å²) in [6.45, 7) is 1.93. The zero-order valence-electron chi connectivity index (χ0n) is 8.34. The Kier molecular flexibility index (Phi) is 2.25. The minimum atomic E-state index is -0.428. The molecule has 0 spiro atoms. The van der Waals surface area contributed by atoms with Crippen LogP contribution in [-0.2, 0) is 0 Å². The second-order valence-corrected chi connectivity index (χ2v) is 3.31. The molecular weight excluding hydrogens is 190 g/mol. The summed E-state index contributed by atoms with van der Waals surface area (Å²) in [6, 6.07) is 5.46. The topological polar surface area (TPSA) is 60.9 Å². The minimum Gasteiger partial charge on any atom is -0.366 e. The highest BCUT2D eigenvalue weighted by Gasteiger charge is 2.11. The number of primary amides is 1. The van der Waals surface area contributed by atoms with Crippen molar-refractivity contribution in [3.05, 3.63) is 48.0 Å². The quantitative estimate of drug-likeness (QED) is 0.795. The van der Waals surface area contributed by atoms with Crippen LogP contribution in [0.4, 0.5) is 0 Å². The Morgan fingerprint density at radius 3 is 2.87 bits per heavy atom. The summed E-state index contributed by atoms with van der Waals surface area (Å²) in [5.41, 5.74) is 7.61. The first-order valence-electron chi connectivity index (χ1n) is 4.58. The van der Waals surface area contributed by atoms with Gasteiger partial charge in [0.25, 0.3) is 5.91 Å². The van der Waals surface area contributed by atoms with E-state index in [4.69, 9.17) is 5.73 Å². The van der Waals surface area contributed by atoms with Gasteiger partial charge in [-0.3, -0.25) is 4.79 Å². The van der Waals surface area contributed by atoms with Crippen LogP contribution in [0.15, 0.2) is 36.9 Å². The van der Waals surface area contributed by atoms with Crippen molar-refractivity contribution < 1.29 is 4.79 Å². The molecule has 15 heavy (non-hydrogen) atoms. The monoisotopic (exact) mass is 201 g/mol. The van der Waals surface area contributed by atoms with Crippen LogP contribution in [0.25, 0.3) is 5.69 Å². The Labute approximate surface area is 87.4 Å². The Bertz CT molecular complexity index is 489. The number of imidazole rings is 1. The molecule has 0 aliphatic carbocycles. The van der Waals surface area contributed by atoms with Gasteiger partial charge in [0.2, 0.25) is 0 Å². The van der Waals surface area contributed by atoms with E-state index in [9.17, 15) is 4.79 Å². The Balaban J connectivity index is 2.68. The van der Waals surface area contributed by atoms with Gasteiger partial charge in [-0.2, -0.15) is 0 Å². The molecule has 0 aliphatic rings. The van der Waals surface area contributed by atoms with Crippen molar-refractivity contribution in [3.8, 4) is 5.69 Å². The van der Waals surface area contributed by atoms with Crippen molar-refractivity contribution >= 4 is 5.91 Å². The van der Waals surface area contributed by atoms with E-state index in [1.54, 1.807) is 29.4 Å². The van der Waals surface area contributed by atoms with Crippen molar-refractivity contribution in [2.45, 2.75) is 6.92 Å². The van der Waals surface area contributed by atoms with Crippen LogP contribution >= 0.6 is 0 Å². The van der Waals surface area contributed by atoms with Gasteiger partial charge >= 0.3 is 0 Å². The molecule has 1 amide bonds. The first-order valence-corrected chi connectivity index (χ1v) is 4.58. The summed E-state index contributed by atoms with van der Waals surface area (Å²) >= 11 is 0. The van der Waals surface area contributed by atoms with Gasteiger partial charge in [-0.1, -0.05) is 12.1 Å². The molecule has 4 heteroatoms. The number of nitrogens with two attached hydrogens (primary N) is 1. The fraction of sp³-hybridized carbons (Fsp3) is 0.0909. The second-order valence-electron chi connectivity index (χ2n) is 3.31. The van der Waals surface area contributed by atoms with Gasteiger partial charge in [0.15, 0.2) is 0 Å². The van der Waals surface area contributed by atoms with Crippen LogP contribution in [-0.4, -0.2) is 15.5 Å². The van der Waals surface area contributed by atoms with Gasteiger partial charge < -0.3 is 10.3 Å². The average molecular weight is 201 g/mol. The number of hydrogen-bond donors (Lipinski definition) is 1. The Morgan fingerprint density at radius 1 is 1.47 bits per heavy atom. The summed E-state index contributed by atoms with van der Waals surface area (Å²) in [4.78, 5) is 15.2. The van der Waals surface area contributed by atoms with Crippen molar-refractivity contribution in [3.63, 3.8) is 0 Å². The first kappa shape index (κ1) is 9.45. The molecule has 0 aliphatic heterocycles. The highest BCUT2D eigenvalue weighted by Crippen LogP contribution is 2.18. The third-order valence-corrected chi connectivity index (χ3v) is 2.27. The molecule has 2 N–H and O–H groups in total. The lowest BCUT2D eigenvalue weighted by Gasteiger charge is -2.10. The van der Waals surface area contributed by atoms with E-state index in [1.165, 1.54) is 0 Å². The molecule has 4 nitrogen and oxygen atoms in total. The highest BCUT2D eigenvalue weighted by molar-refractivity contribution is 5.97. The van der Waals surface area contributed by atoms with Crippen molar-refractivity contribution in [2.75, 3.05) is 0 Å². The van der Waals surface area contributed by atoms with Gasteiger partial charge in [-0.25, -0.2) is 4.98 Å². The molecule has 0 fully saturated rings. The van der Waals surface area contributed by atoms with E-state index < -0.39 is 5.91 Å². The maximum atomic E-state index is 11.3. The fourth-order valence-corrected chi connectivity index (χ4v) is 1.59. The van der Waals surface area contributed by atoms with Crippen molar-refractivity contribution in [1.82, 2.24) is 9.55 Å². The largest absolute Gasteiger partial charge is 0.366 e. The molecule has 2 aromatic rings. The average Bonchev–Trinajstić information content (AvgIpc) is 2.70. The van der Waals surface area contributed by atoms with Crippen LogP contribution in [0.5, 0.6) is 0 Å². The lowest BCUT2D eigenvalue weighted by atomic mass is 10.1. The van der Waals surface area contributed by atoms with Crippen LogP contribution in [0, 0.1) is 6.92 Å². The summed E-state index contributed by atoms with van der Waals surface area (Å²) in [6.07, 6.45) is 5.10. The van der Waals surface area contributed by atoms with E-state index in [1.807, 2.05) is 19.1 Å². The molecule has 0 atom stereocenters. The van der Waals surface area contributed by atoms with E-state index >= 15 is 0 Å². The number of benzene rings is 1. The third kappa shape index (κ3) is 1.61. The predicted octanol–water partition coefficient (Wildman–Crippen LogP) is 1.28. The number of hydrogen-bond acceptors (Lipinski definition) is 2. The summed E-state index contributed by atoms with van der Waals surface area (Å²) in [5, 5.41) is 0. The molecule has 1 aromatic heterocycles. The number of rotatable bonds is 2. The van der Waals surface area contributed by atoms with Crippen LogP contribution in [0.1, 0.15) is 15.9 Å². The standard InChI is InChI=1S/C11H11N3O/c1-8-3-2-4-9(11(12)15)10(8)14-6-5-13-7-14/h2-7H,1H3,(H2,12,15). The fourth-order valence-electron chi connectivity index (χ4n) is 1.59. The number of para-hydroxylation sites is 1. The molecule has 0 bridgehead atoms. The van der Waals surface area contributed by atoms with Crippen LogP contribution in [0.3, 0.4) is 0 Å². The number of aromatic nitrogens is 2. The molecule has 0 saturated heterocycles. The number of nitrogens with zero attached hydrogens (tertiary/aromatic N) is 2. The second kappa shape index (κ2) is 3.57. The number of amides is 1. The van der Waals surface area contributed by atoms with Crippen LogP contribution < -0.4 is 5.73 Å². The minimum absolute atomic E-state index is 0.428. The van der Waals surface area contributed by atoms with E-state index in [0.29, 0.717) is 5.56 Å². The molecule has 76 valence electrons. The number of aryl methyl sites for hydroxylation is 1. The SMILES string of the molecule is Cc1cccc(C(N)=O)c1-n1ccnc1. The Hall–Kier alpha value is -2.10. The van der Waals surface area contributed by atoms with Crippen molar-refractivity contribution in [1.29, 1.82) is 0 Å². The zero-order valence-corrected chi connectivity index (χ0v) is 8.34. The maximum Gasteiger partial charge on any atom is 0.250 e. The molecule has 1 heterocycles. The van der Waals surface area contributed by atoms with Gasteiger partial charge in [-0.05, 0) is 18.6 Å². The molecule has 1 aromatic carbocycles. The number of carbonyl (C=O) groups excluding carboxylic acids is 1. The van der Waals surface area contributed by atoms with E-state index in [0.717, 1.165) is 11.3 Å².